The molecule has 0 bridgehead atoms. The highest BCUT2D eigenvalue weighted by molar-refractivity contribution is 5.74. The van der Waals surface area contributed by atoms with Gasteiger partial charge in [0.05, 0.1) is 7.11 Å². The molecule has 0 amide bonds. The first-order valence-electron chi connectivity index (χ1n) is 6.44. The summed E-state index contributed by atoms with van der Waals surface area (Å²) in [5, 5.41) is 3.44. The first kappa shape index (κ1) is 11.5. The third kappa shape index (κ3) is 2.08. The van der Waals surface area contributed by atoms with Gasteiger partial charge in [-0.1, -0.05) is 0 Å². The van der Waals surface area contributed by atoms with Crippen LogP contribution in [0.4, 0.5) is 0 Å². The van der Waals surface area contributed by atoms with Crippen molar-refractivity contribution in [3.63, 3.8) is 0 Å². The molecule has 2 aromatic rings. The van der Waals surface area contributed by atoms with Crippen molar-refractivity contribution in [3.8, 4) is 5.75 Å². The lowest BCUT2D eigenvalue weighted by Gasteiger charge is -2.25. The lowest BCUT2D eigenvalue weighted by atomic mass is 9.93. The number of methoxy groups -OCH3 is 1. The van der Waals surface area contributed by atoms with Crippen LogP contribution in [0.1, 0.15) is 31.6 Å². The highest BCUT2D eigenvalue weighted by atomic mass is 16.5. The van der Waals surface area contributed by atoms with Gasteiger partial charge in [-0.2, -0.15) is 0 Å². The second-order valence-corrected chi connectivity index (χ2v) is 4.96. The molecular weight excluding hydrogens is 228 g/mol. The Morgan fingerprint density at radius 3 is 3.11 bits per heavy atom. The Bertz CT molecular complexity index is 550. The number of nitrogens with zero attached hydrogens (tertiary/aromatic N) is 1. The summed E-state index contributed by atoms with van der Waals surface area (Å²) in [6, 6.07) is 6.30. The predicted octanol–water partition coefficient (Wildman–Crippen LogP) is 2.69. The van der Waals surface area contributed by atoms with Crippen molar-refractivity contribution in [2.24, 2.45) is 0 Å². The zero-order valence-electron chi connectivity index (χ0n) is 10.8. The average Bonchev–Trinajstić information content (AvgIpc) is 2.81. The maximum atomic E-state index is 5.88. The first-order chi connectivity index (χ1) is 8.76. The monoisotopic (exact) mass is 246 g/mol. The lowest BCUT2D eigenvalue weighted by Crippen LogP contribution is -2.34. The molecule has 0 aliphatic carbocycles. The van der Waals surface area contributed by atoms with Gasteiger partial charge in [0.15, 0.2) is 11.5 Å². The summed E-state index contributed by atoms with van der Waals surface area (Å²) in [5.41, 5.74) is 1.73. The second kappa shape index (κ2) is 4.61. The van der Waals surface area contributed by atoms with E-state index in [1.807, 2.05) is 18.2 Å². The van der Waals surface area contributed by atoms with Gasteiger partial charge in [-0.3, -0.25) is 0 Å². The first-order valence-corrected chi connectivity index (χ1v) is 6.44. The second-order valence-electron chi connectivity index (χ2n) is 4.96. The highest BCUT2D eigenvalue weighted by Gasteiger charge is 2.24. The normalized spacial score (nSPS) is 24.3. The number of aromatic nitrogens is 1. The molecule has 2 atom stereocenters. The molecule has 2 unspecified atom stereocenters. The molecule has 0 radical (unpaired) electrons. The van der Waals surface area contributed by atoms with Crippen molar-refractivity contribution in [1.82, 2.24) is 10.3 Å². The van der Waals surface area contributed by atoms with Gasteiger partial charge in [-0.05, 0) is 38.4 Å². The van der Waals surface area contributed by atoms with E-state index in [0.29, 0.717) is 12.0 Å². The molecule has 1 aromatic carbocycles. The number of oxazole rings is 1. The van der Waals surface area contributed by atoms with Crippen LogP contribution in [0.5, 0.6) is 5.75 Å². The number of fused-ring (bicyclic) bond motifs is 1. The van der Waals surface area contributed by atoms with Crippen LogP contribution in [-0.4, -0.2) is 24.7 Å². The Morgan fingerprint density at radius 2 is 2.33 bits per heavy atom. The Kier molecular flexibility index (Phi) is 2.96. The Hall–Kier alpha value is -1.55. The average molecular weight is 246 g/mol. The van der Waals surface area contributed by atoms with Gasteiger partial charge < -0.3 is 14.5 Å². The van der Waals surface area contributed by atoms with Crippen molar-refractivity contribution in [2.45, 2.75) is 31.7 Å². The van der Waals surface area contributed by atoms with Crippen molar-refractivity contribution in [1.29, 1.82) is 0 Å². The maximum Gasteiger partial charge on any atom is 0.198 e. The summed E-state index contributed by atoms with van der Waals surface area (Å²) < 4.78 is 11.1. The Morgan fingerprint density at radius 1 is 1.44 bits per heavy atom. The van der Waals surface area contributed by atoms with Gasteiger partial charge in [0.25, 0.3) is 0 Å². The largest absolute Gasteiger partial charge is 0.497 e. The molecule has 1 N–H and O–H groups in total. The third-order valence-electron chi connectivity index (χ3n) is 3.59. The summed E-state index contributed by atoms with van der Waals surface area (Å²) >= 11 is 0. The van der Waals surface area contributed by atoms with Crippen LogP contribution < -0.4 is 10.1 Å². The molecule has 1 aromatic heterocycles. The molecule has 0 saturated carbocycles. The number of piperidine rings is 1. The van der Waals surface area contributed by atoms with Crippen molar-refractivity contribution in [3.05, 3.63) is 24.1 Å². The minimum atomic E-state index is 0.430. The number of rotatable bonds is 2. The molecule has 1 fully saturated rings. The molecule has 4 nitrogen and oxygen atoms in total. The van der Waals surface area contributed by atoms with Crippen LogP contribution >= 0.6 is 0 Å². The van der Waals surface area contributed by atoms with E-state index in [0.717, 1.165) is 42.1 Å². The van der Waals surface area contributed by atoms with Crippen molar-refractivity contribution < 1.29 is 9.15 Å². The van der Waals surface area contributed by atoms with E-state index in [1.54, 1.807) is 7.11 Å². The summed E-state index contributed by atoms with van der Waals surface area (Å²) in [5.74, 6) is 2.11. The van der Waals surface area contributed by atoms with E-state index in [9.17, 15) is 0 Å². The van der Waals surface area contributed by atoms with Gasteiger partial charge >= 0.3 is 0 Å². The molecule has 1 aliphatic heterocycles. The minimum Gasteiger partial charge on any atom is -0.497 e. The molecule has 2 heterocycles. The van der Waals surface area contributed by atoms with E-state index in [4.69, 9.17) is 9.15 Å². The molecule has 96 valence electrons. The van der Waals surface area contributed by atoms with Crippen LogP contribution in [0.15, 0.2) is 22.6 Å². The molecule has 3 rings (SSSR count). The summed E-state index contributed by atoms with van der Waals surface area (Å²) in [6.07, 6.45) is 2.18. The van der Waals surface area contributed by atoms with E-state index >= 15 is 0 Å². The van der Waals surface area contributed by atoms with Crippen LogP contribution in [0, 0.1) is 0 Å². The molecule has 1 aliphatic rings. The molecule has 18 heavy (non-hydrogen) atoms. The molecule has 4 heteroatoms. The number of ether oxygens (including phenoxy) is 1. The highest BCUT2D eigenvalue weighted by Crippen LogP contribution is 2.30. The fraction of sp³-hybridized carbons (Fsp3) is 0.500. The van der Waals surface area contributed by atoms with Crippen LogP contribution in [0.2, 0.25) is 0 Å². The quantitative estimate of drug-likeness (QED) is 0.885. The minimum absolute atomic E-state index is 0.430. The number of hydrogen-bond donors (Lipinski definition) is 1. The topological polar surface area (TPSA) is 47.3 Å². The SMILES string of the molecule is COc1ccc2nc(C3CCNC(C)C3)oc2c1. The maximum absolute atomic E-state index is 5.88. The van der Waals surface area contributed by atoms with Gasteiger partial charge in [-0.15, -0.1) is 0 Å². The Labute approximate surface area is 106 Å². The number of hydrogen-bond acceptors (Lipinski definition) is 4. The lowest BCUT2D eigenvalue weighted by molar-refractivity contribution is 0.335. The molecule has 1 saturated heterocycles. The van der Waals surface area contributed by atoms with Gasteiger partial charge in [-0.25, -0.2) is 4.98 Å². The summed E-state index contributed by atoms with van der Waals surface area (Å²) in [6.45, 7) is 3.24. The smallest absolute Gasteiger partial charge is 0.198 e. The van der Waals surface area contributed by atoms with E-state index in [1.165, 1.54) is 0 Å². The van der Waals surface area contributed by atoms with Crippen LogP contribution in [0.25, 0.3) is 11.1 Å². The number of benzene rings is 1. The molecular formula is C14H18N2O2. The zero-order valence-corrected chi connectivity index (χ0v) is 10.8. The van der Waals surface area contributed by atoms with Crippen molar-refractivity contribution >= 4 is 11.1 Å². The summed E-state index contributed by atoms with van der Waals surface area (Å²) in [4.78, 5) is 4.60. The van der Waals surface area contributed by atoms with E-state index < -0.39 is 0 Å². The fourth-order valence-electron chi connectivity index (χ4n) is 2.58. The third-order valence-corrected chi connectivity index (χ3v) is 3.59. The molecule has 0 spiro atoms. The summed E-state index contributed by atoms with van der Waals surface area (Å²) in [7, 11) is 1.66. The Balaban J connectivity index is 1.92. The van der Waals surface area contributed by atoms with Crippen LogP contribution in [-0.2, 0) is 0 Å². The predicted molar refractivity (Wildman–Crippen MR) is 70.0 cm³/mol. The number of nitrogens with one attached hydrogen (secondary N) is 1. The van der Waals surface area contributed by atoms with Crippen LogP contribution in [0.3, 0.4) is 0 Å². The zero-order chi connectivity index (χ0) is 12.5. The van der Waals surface area contributed by atoms with Crippen molar-refractivity contribution in [2.75, 3.05) is 13.7 Å². The van der Waals surface area contributed by atoms with Gasteiger partial charge in [0, 0.05) is 18.0 Å². The standard InChI is InChI=1S/C14H18N2O2/c1-9-7-10(5-6-15-9)14-16-12-4-3-11(17-2)8-13(12)18-14/h3-4,8-10,15H,5-7H2,1-2H3. The van der Waals surface area contributed by atoms with Gasteiger partial charge in [0.2, 0.25) is 0 Å². The van der Waals surface area contributed by atoms with E-state index in [-0.39, 0.29) is 0 Å². The fourth-order valence-corrected chi connectivity index (χ4v) is 2.58. The van der Waals surface area contributed by atoms with Gasteiger partial charge in [0.1, 0.15) is 11.3 Å². The van der Waals surface area contributed by atoms with E-state index in [2.05, 4.69) is 17.2 Å².